The van der Waals surface area contributed by atoms with Crippen LogP contribution in [0.1, 0.15) is 18.1 Å². The number of imidazole rings is 1. The molecule has 0 aliphatic rings. The molecule has 0 amide bonds. The molecule has 0 fully saturated rings. The first-order valence-corrected chi connectivity index (χ1v) is 15.4. The van der Waals surface area contributed by atoms with Gasteiger partial charge < -0.3 is 4.57 Å². The van der Waals surface area contributed by atoms with Gasteiger partial charge in [0.1, 0.15) is 0 Å². The van der Waals surface area contributed by atoms with Gasteiger partial charge in [-0.3, -0.25) is 0 Å². The average molecular weight is 499 g/mol. The zero-order valence-electron chi connectivity index (χ0n) is 22.0. The van der Waals surface area contributed by atoms with Crippen LogP contribution in [0.4, 0.5) is 0 Å². The number of nitrogens with zero attached hydrogens (tertiary/aromatic N) is 2. The second-order valence-corrected chi connectivity index (χ2v) is 12.1. The minimum atomic E-state index is -1.36. The highest BCUT2D eigenvalue weighted by atomic mass is 28.3. The Morgan fingerprint density at radius 1 is 0.703 bits per heavy atom. The van der Waals surface area contributed by atoms with Crippen LogP contribution >= 0.6 is 0 Å². The Morgan fingerprint density at radius 3 is 1.51 bits per heavy atom. The molecule has 1 heterocycles. The van der Waals surface area contributed by atoms with Crippen molar-refractivity contribution in [2.75, 3.05) is 0 Å². The van der Waals surface area contributed by atoms with Crippen molar-refractivity contribution in [3.8, 4) is 0 Å². The Kier molecular flexibility index (Phi) is 9.12. The van der Waals surface area contributed by atoms with Crippen molar-refractivity contribution in [1.29, 1.82) is 0 Å². The fraction of sp³-hybridized carbons (Fsp3) is 0.121. The van der Waals surface area contributed by atoms with Gasteiger partial charge in [0.25, 0.3) is 0 Å². The van der Waals surface area contributed by atoms with Gasteiger partial charge in [-0.15, -0.1) is 0 Å². The van der Waals surface area contributed by atoms with E-state index in [-0.39, 0.29) is 5.16 Å². The molecule has 0 saturated heterocycles. The number of rotatable bonds is 7. The van der Waals surface area contributed by atoms with Crippen molar-refractivity contribution in [2.45, 2.75) is 25.5 Å². The first-order chi connectivity index (χ1) is 18.2. The molecule has 0 saturated carbocycles. The quantitative estimate of drug-likeness (QED) is 0.248. The highest BCUT2D eigenvalue weighted by molar-refractivity contribution is 6.84. The highest BCUT2D eigenvalue weighted by Crippen LogP contribution is 2.37. The van der Waals surface area contributed by atoms with Crippen molar-refractivity contribution >= 4 is 26.4 Å². The van der Waals surface area contributed by atoms with E-state index in [0.717, 1.165) is 0 Å². The first-order valence-electron chi connectivity index (χ1n) is 13.0. The molecule has 1 aromatic heterocycles. The van der Waals surface area contributed by atoms with Crippen LogP contribution in [0.15, 0.2) is 152 Å². The third kappa shape index (κ3) is 5.92. The van der Waals surface area contributed by atoms with Gasteiger partial charge in [0.05, 0.1) is 20.3 Å². The number of allylic oxidation sites excluding steroid dienone is 1. The van der Waals surface area contributed by atoms with E-state index in [0.29, 0.717) is 6.71 Å². The molecular weight excluding hydrogens is 463 g/mol. The lowest BCUT2D eigenvalue weighted by Crippen LogP contribution is -2.47. The Morgan fingerprint density at radius 2 is 1.14 bits per heavy atom. The molecule has 2 nitrogen and oxygen atoms in total. The molecule has 184 valence electrons. The minimum Gasteiger partial charge on any atom is -0.326 e. The van der Waals surface area contributed by atoms with E-state index in [1.54, 1.807) is 0 Å². The molecule has 37 heavy (non-hydrogen) atoms. The summed E-state index contributed by atoms with van der Waals surface area (Å²) in [6.45, 7) is 7.24. The van der Waals surface area contributed by atoms with Crippen LogP contribution in [0.2, 0.25) is 13.4 Å². The van der Waals surface area contributed by atoms with E-state index in [1.807, 2.05) is 12.5 Å². The average Bonchev–Trinajstić information content (AvgIpc) is 3.51. The molecule has 0 aliphatic carbocycles. The Labute approximate surface area is 224 Å². The number of benzene rings is 4. The third-order valence-electron chi connectivity index (χ3n) is 7.08. The predicted octanol–water partition coefficient (Wildman–Crippen LogP) is 6.11. The van der Waals surface area contributed by atoms with Crippen LogP contribution in [-0.2, 0) is 5.16 Å². The lowest BCUT2D eigenvalue weighted by Gasteiger charge is -2.40. The zero-order chi connectivity index (χ0) is 25.9. The van der Waals surface area contributed by atoms with E-state index in [2.05, 4.69) is 169 Å². The van der Waals surface area contributed by atoms with Crippen molar-refractivity contribution in [3.63, 3.8) is 0 Å². The summed E-state index contributed by atoms with van der Waals surface area (Å²) in [6, 6.07) is 42.8. The standard InChI is InChI=1S/C20H22N2Si.C13H13B/c1-3-16-23(2)20(22-15-14-21-17-22,18-10-6-4-7-11-18)19-12-8-5-9-13-19;1-14(12-8-4-2-5-9-12)13-10-6-3-7-11-13/h3-17,23H,1-2H3;2-11H,1H3. The maximum absolute atomic E-state index is 4.34. The van der Waals surface area contributed by atoms with Crippen molar-refractivity contribution in [1.82, 2.24) is 9.55 Å². The molecule has 1 unspecified atom stereocenters. The number of aromatic nitrogens is 2. The van der Waals surface area contributed by atoms with Crippen LogP contribution in [-0.4, -0.2) is 25.1 Å². The van der Waals surface area contributed by atoms with Crippen molar-refractivity contribution in [3.05, 3.63) is 163 Å². The molecule has 0 N–H and O–H groups in total. The van der Waals surface area contributed by atoms with Crippen LogP contribution in [0.3, 0.4) is 0 Å². The monoisotopic (exact) mass is 498 g/mol. The zero-order valence-corrected chi connectivity index (χ0v) is 23.1. The van der Waals surface area contributed by atoms with Gasteiger partial charge in [0.2, 0.25) is 6.71 Å². The molecule has 0 radical (unpaired) electrons. The summed E-state index contributed by atoms with van der Waals surface area (Å²) >= 11 is 0. The predicted molar refractivity (Wildman–Crippen MR) is 163 cm³/mol. The molecular formula is C33H35BN2Si. The van der Waals surface area contributed by atoms with Gasteiger partial charge in [-0.1, -0.05) is 157 Å². The fourth-order valence-electron chi connectivity index (χ4n) is 5.18. The van der Waals surface area contributed by atoms with Crippen LogP contribution in [0, 0.1) is 0 Å². The normalized spacial score (nSPS) is 12.0. The molecule has 4 heteroatoms. The van der Waals surface area contributed by atoms with E-state index < -0.39 is 8.80 Å². The molecule has 4 aromatic carbocycles. The summed E-state index contributed by atoms with van der Waals surface area (Å²) < 4.78 is 2.29. The summed E-state index contributed by atoms with van der Waals surface area (Å²) in [6.07, 6.45) is 8.10. The summed E-state index contributed by atoms with van der Waals surface area (Å²) in [7, 11) is -1.36. The Hall–Kier alpha value is -3.89. The van der Waals surface area contributed by atoms with Gasteiger partial charge >= 0.3 is 0 Å². The van der Waals surface area contributed by atoms with Crippen LogP contribution in [0.25, 0.3) is 0 Å². The Balaban J connectivity index is 0.000000195. The summed E-state index contributed by atoms with van der Waals surface area (Å²) in [5.74, 6) is 0. The topological polar surface area (TPSA) is 17.8 Å². The van der Waals surface area contributed by atoms with E-state index in [1.165, 1.54) is 22.1 Å². The number of hydrogen-bond donors (Lipinski definition) is 0. The number of hydrogen-bond acceptors (Lipinski definition) is 1. The molecule has 0 bridgehead atoms. The van der Waals surface area contributed by atoms with E-state index in [9.17, 15) is 0 Å². The first kappa shape index (κ1) is 26.2. The van der Waals surface area contributed by atoms with Gasteiger partial charge in [0.15, 0.2) is 0 Å². The maximum atomic E-state index is 4.34. The molecule has 0 aliphatic heterocycles. The molecule has 1 atom stereocenters. The second-order valence-electron chi connectivity index (χ2n) is 9.33. The van der Waals surface area contributed by atoms with Gasteiger partial charge in [-0.2, -0.15) is 0 Å². The highest BCUT2D eigenvalue weighted by Gasteiger charge is 2.40. The smallest absolute Gasteiger partial charge is 0.206 e. The third-order valence-corrected chi connectivity index (χ3v) is 10.3. The van der Waals surface area contributed by atoms with E-state index >= 15 is 0 Å². The van der Waals surface area contributed by atoms with Crippen molar-refractivity contribution < 1.29 is 0 Å². The lowest BCUT2D eigenvalue weighted by atomic mass is 9.43. The summed E-state index contributed by atoms with van der Waals surface area (Å²) in [5, 5.41) is -0.175. The summed E-state index contributed by atoms with van der Waals surface area (Å²) in [4.78, 5) is 4.34. The fourth-order valence-corrected chi connectivity index (χ4v) is 8.10. The van der Waals surface area contributed by atoms with Gasteiger partial charge in [-0.25, -0.2) is 4.98 Å². The Bertz CT molecular complexity index is 1260. The second kappa shape index (κ2) is 12.9. The van der Waals surface area contributed by atoms with Gasteiger partial charge in [0, 0.05) is 12.4 Å². The maximum Gasteiger partial charge on any atom is 0.206 e. The van der Waals surface area contributed by atoms with Crippen LogP contribution < -0.4 is 10.9 Å². The molecule has 5 aromatic rings. The van der Waals surface area contributed by atoms with Crippen LogP contribution in [0.5, 0.6) is 0 Å². The minimum absolute atomic E-state index is 0.175. The van der Waals surface area contributed by atoms with Crippen molar-refractivity contribution in [2.24, 2.45) is 0 Å². The van der Waals surface area contributed by atoms with Gasteiger partial charge in [-0.05, 0) is 18.1 Å². The molecule has 0 spiro atoms. The SMILES string of the molecule is CB(c1ccccc1)c1ccccc1.CC=C[SiH](C)C(c1ccccc1)(c1ccccc1)n1ccnc1. The molecule has 5 rings (SSSR count). The summed E-state index contributed by atoms with van der Waals surface area (Å²) in [5.41, 5.74) is 7.79. The lowest BCUT2D eigenvalue weighted by molar-refractivity contribution is 0.587. The van der Waals surface area contributed by atoms with E-state index in [4.69, 9.17) is 0 Å². The largest absolute Gasteiger partial charge is 0.326 e.